The molecule has 0 aliphatic heterocycles. The quantitative estimate of drug-likeness (QED) is 0.824. The third kappa shape index (κ3) is 4.38. The van der Waals surface area contributed by atoms with E-state index in [4.69, 9.17) is 5.73 Å². The standard InChI is InChI=1S/C18H23FN4O.ClH/c1-11-16(9-18(24)21-17(10-20)13-3-4-13)12(2)23(22-11)15-7-5-14(19)6-8-15;/h5-8,13,17H,3-4,9-10,20H2,1-2H3,(H,21,24);1H. The molecule has 1 fully saturated rings. The fourth-order valence-corrected chi connectivity index (χ4v) is 3.05. The summed E-state index contributed by atoms with van der Waals surface area (Å²) < 4.78 is 14.8. The van der Waals surface area contributed by atoms with Gasteiger partial charge in [0.1, 0.15) is 5.82 Å². The second-order valence-electron chi connectivity index (χ2n) is 6.46. The Labute approximate surface area is 153 Å². The molecule has 3 rings (SSSR count). The summed E-state index contributed by atoms with van der Waals surface area (Å²) in [5, 5.41) is 7.54. The lowest BCUT2D eigenvalue weighted by Gasteiger charge is -2.16. The molecule has 2 aromatic rings. The van der Waals surface area contributed by atoms with Crippen LogP contribution in [0.4, 0.5) is 4.39 Å². The number of hydrogen-bond donors (Lipinski definition) is 2. The maximum Gasteiger partial charge on any atom is 0.224 e. The summed E-state index contributed by atoms with van der Waals surface area (Å²) in [6, 6.07) is 6.23. The molecular formula is C18H24ClFN4O. The van der Waals surface area contributed by atoms with Crippen LogP contribution in [-0.4, -0.2) is 28.3 Å². The van der Waals surface area contributed by atoms with Gasteiger partial charge in [0, 0.05) is 23.8 Å². The van der Waals surface area contributed by atoms with E-state index in [-0.39, 0.29) is 36.6 Å². The number of amides is 1. The van der Waals surface area contributed by atoms with E-state index in [1.807, 2.05) is 13.8 Å². The Bertz CT molecular complexity index is 740. The van der Waals surface area contributed by atoms with Gasteiger partial charge in [-0.15, -0.1) is 12.4 Å². The van der Waals surface area contributed by atoms with E-state index in [1.165, 1.54) is 12.1 Å². The molecule has 25 heavy (non-hydrogen) atoms. The van der Waals surface area contributed by atoms with Gasteiger partial charge in [-0.3, -0.25) is 4.79 Å². The normalized spacial score (nSPS) is 14.7. The van der Waals surface area contributed by atoms with E-state index >= 15 is 0 Å². The van der Waals surface area contributed by atoms with Gasteiger partial charge in [0.15, 0.2) is 0 Å². The number of halogens is 2. The highest BCUT2D eigenvalue weighted by Gasteiger charge is 2.31. The molecule has 1 saturated carbocycles. The summed E-state index contributed by atoms with van der Waals surface area (Å²) in [7, 11) is 0. The lowest BCUT2D eigenvalue weighted by atomic mass is 10.1. The maximum absolute atomic E-state index is 13.1. The van der Waals surface area contributed by atoms with Crippen molar-refractivity contribution in [3.05, 3.63) is 47.0 Å². The molecule has 1 amide bonds. The number of carbonyl (C=O) groups is 1. The van der Waals surface area contributed by atoms with Crippen LogP contribution in [0.2, 0.25) is 0 Å². The molecule has 1 aromatic carbocycles. The minimum atomic E-state index is -0.284. The number of benzene rings is 1. The van der Waals surface area contributed by atoms with Crippen LogP contribution in [0, 0.1) is 25.6 Å². The molecule has 0 saturated heterocycles. The summed E-state index contributed by atoms with van der Waals surface area (Å²) in [4.78, 5) is 12.4. The van der Waals surface area contributed by atoms with Crippen molar-refractivity contribution in [2.45, 2.75) is 39.2 Å². The van der Waals surface area contributed by atoms with E-state index in [0.717, 1.165) is 35.5 Å². The molecule has 3 N–H and O–H groups in total. The van der Waals surface area contributed by atoms with Crippen LogP contribution in [0.5, 0.6) is 0 Å². The summed E-state index contributed by atoms with van der Waals surface area (Å²) in [5.74, 6) is 0.220. The van der Waals surface area contributed by atoms with Gasteiger partial charge in [-0.2, -0.15) is 5.10 Å². The largest absolute Gasteiger partial charge is 0.352 e. The van der Waals surface area contributed by atoms with Crippen LogP contribution < -0.4 is 11.1 Å². The fourth-order valence-electron chi connectivity index (χ4n) is 3.05. The first-order valence-corrected chi connectivity index (χ1v) is 8.30. The van der Waals surface area contributed by atoms with Crippen LogP contribution >= 0.6 is 12.4 Å². The summed E-state index contributed by atoms with van der Waals surface area (Å²) in [6.45, 7) is 4.29. The Morgan fingerprint density at radius 2 is 2.00 bits per heavy atom. The van der Waals surface area contributed by atoms with Crippen molar-refractivity contribution in [1.82, 2.24) is 15.1 Å². The van der Waals surface area contributed by atoms with Gasteiger partial charge in [0.05, 0.1) is 17.8 Å². The molecule has 1 aliphatic rings. The summed E-state index contributed by atoms with van der Waals surface area (Å²) >= 11 is 0. The van der Waals surface area contributed by atoms with Crippen molar-refractivity contribution in [2.75, 3.05) is 6.54 Å². The highest BCUT2D eigenvalue weighted by Crippen LogP contribution is 2.32. The average Bonchev–Trinajstić information content (AvgIpc) is 3.36. The summed E-state index contributed by atoms with van der Waals surface area (Å²) in [5.41, 5.74) is 9.13. The van der Waals surface area contributed by atoms with Crippen molar-refractivity contribution < 1.29 is 9.18 Å². The number of nitrogens with one attached hydrogen (secondary N) is 1. The fraction of sp³-hybridized carbons (Fsp3) is 0.444. The van der Waals surface area contributed by atoms with Gasteiger partial charge in [-0.1, -0.05) is 0 Å². The molecule has 1 heterocycles. The van der Waals surface area contributed by atoms with Crippen LogP contribution in [0.15, 0.2) is 24.3 Å². The monoisotopic (exact) mass is 366 g/mol. The molecule has 1 atom stereocenters. The van der Waals surface area contributed by atoms with E-state index in [9.17, 15) is 9.18 Å². The molecule has 5 nitrogen and oxygen atoms in total. The molecule has 0 bridgehead atoms. The van der Waals surface area contributed by atoms with E-state index in [1.54, 1.807) is 16.8 Å². The molecule has 1 aliphatic carbocycles. The van der Waals surface area contributed by atoms with Crippen molar-refractivity contribution in [1.29, 1.82) is 0 Å². The lowest BCUT2D eigenvalue weighted by Crippen LogP contribution is -2.42. The minimum Gasteiger partial charge on any atom is -0.352 e. The van der Waals surface area contributed by atoms with Crippen LogP contribution in [-0.2, 0) is 11.2 Å². The highest BCUT2D eigenvalue weighted by molar-refractivity contribution is 5.85. The smallest absolute Gasteiger partial charge is 0.224 e. The third-order valence-corrected chi connectivity index (χ3v) is 4.64. The number of nitrogens with zero attached hydrogens (tertiary/aromatic N) is 2. The highest BCUT2D eigenvalue weighted by atomic mass is 35.5. The lowest BCUT2D eigenvalue weighted by molar-refractivity contribution is -0.121. The SMILES string of the molecule is Cc1nn(-c2ccc(F)cc2)c(C)c1CC(=O)NC(CN)C1CC1.Cl. The number of rotatable bonds is 6. The first kappa shape index (κ1) is 19.4. The third-order valence-electron chi connectivity index (χ3n) is 4.64. The predicted molar refractivity (Wildman–Crippen MR) is 97.7 cm³/mol. The second kappa shape index (κ2) is 7.97. The Morgan fingerprint density at radius 1 is 1.36 bits per heavy atom. The van der Waals surface area contributed by atoms with Gasteiger partial charge in [-0.25, -0.2) is 9.07 Å². The van der Waals surface area contributed by atoms with Crippen LogP contribution in [0.25, 0.3) is 5.69 Å². The Kier molecular flexibility index (Phi) is 6.19. The number of carbonyl (C=O) groups excluding carboxylic acids is 1. The van der Waals surface area contributed by atoms with Gasteiger partial charge in [0.25, 0.3) is 0 Å². The van der Waals surface area contributed by atoms with Crippen LogP contribution in [0.1, 0.15) is 29.8 Å². The summed E-state index contributed by atoms with van der Waals surface area (Å²) in [6.07, 6.45) is 2.56. The van der Waals surface area contributed by atoms with Crippen molar-refractivity contribution in [2.24, 2.45) is 11.7 Å². The Balaban J connectivity index is 0.00000225. The maximum atomic E-state index is 13.1. The molecular weight excluding hydrogens is 343 g/mol. The van der Waals surface area contributed by atoms with Crippen molar-refractivity contribution >= 4 is 18.3 Å². The van der Waals surface area contributed by atoms with E-state index < -0.39 is 0 Å². The van der Waals surface area contributed by atoms with Gasteiger partial charge >= 0.3 is 0 Å². The molecule has 1 aromatic heterocycles. The second-order valence-corrected chi connectivity index (χ2v) is 6.46. The molecule has 1 unspecified atom stereocenters. The van der Waals surface area contributed by atoms with Gasteiger partial charge in [0.2, 0.25) is 5.91 Å². The van der Waals surface area contributed by atoms with Gasteiger partial charge < -0.3 is 11.1 Å². The predicted octanol–water partition coefficient (Wildman–Crippen LogP) is 2.45. The van der Waals surface area contributed by atoms with Crippen molar-refractivity contribution in [3.63, 3.8) is 0 Å². The minimum absolute atomic E-state index is 0. The zero-order chi connectivity index (χ0) is 17.3. The first-order valence-electron chi connectivity index (χ1n) is 8.30. The number of nitrogens with two attached hydrogens (primary N) is 1. The molecule has 7 heteroatoms. The number of hydrogen-bond acceptors (Lipinski definition) is 3. The van der Waals surface area contributed by atoms with Crippen molar-refractivity contribution in [3.8, 4) is 5.69 Å². The molecule has 0 radical (unpaired) electrons. The first-order chi connectivity index (χ1) is 11.5. The topological polar surface area (TPSA) is 72.9 Å². The Morgan fingerprint density at radius 3 is 2.56 bits per heavy atom. The molecule has 136 valence electrons. The van der Waals surface area contributed by atoms with E-state index in [0.29, 0.717) is 12.5 Å². The Hall–Kier alpha value is -1.92. The molecule has 0 spiro atoms. The average molecular weight is 367 g/mol. The van der Waals surface area contributed by atoms with Gasteiger partial charge in [-0.05, 0) is 56.9 Å². The van der Waals surface area contributed by atoms with Crippen LogP contribution in [0.3, 0.4) is 0 Å². The number of aryl methyl sites for hydroxylation is 1. The van der Waals surface area contributed by atoms with E-state index in [2.05, 4.69) is 10.4 Å². The zero-order valence-corrected chi connectivity index (χ0v) is 15.3. The zero-order valence-electron chi connectivity index (χ0n) is 14.5. The number of aromatic nitrogens is 2.